The summed E-state index contributed by atoms with van der Waals surface area (Å²) in [7, 11) is 0. The number of halogens is 6. The van der Waals surface area contributed by atoms with E-state index in [-0.39, 0.29) is 6.54 Å². The van der Waals surface area contributed by atoms with Crippen molar-refractivity contribution >= 4 is 23.0 Å². The van der Waals surface area contributed by atoms with Gasteiger partial charge < -0.3 is 10.6 Å². The summed E-state index contributed by atoms with van der Waals surface area (Å²) in [6.07, 6.45) is -9.20. The minimum atomic E-state index is -4.81. The molecular weight excluding hydrogens is 318 g/mol. The summed E-state index contributed by atoms with van der Waals surface area (Å²) in [5.74, 6) is 0. The molecule has 21 heavy (non-hydrogen) atoms. The zero-order chi connectivity index (χ0) is 16.4. The molecule has 0 saturated heterocycles. The maximum absolute atomic E-state index is 12.9. The summed E-state index contributed by atoms with van der Waals surface area (Å²) in [6.45, 7) is 1.63. The summed E-state index contributed by atoms with van der Waals surface area (Å²) >= 11 is 4.64. The summed E-state index contributed by atoms with van der Waals surface area (Å²) in [4.78, 5) is 0.855. The molecule has 0 aliphatic carbocycles. The van der Waals surface area contributed by atoms with Crippen LogP contribution in [-0.4, -0.2) is 11.7 Å². The van der Waals surface area contributed by atoms with Gasteiger partial charge in [0.25, 0.3) is 0 Å². The van der Waals surface area contributed by atoms with Gasteiger partial charge in [-0.1, -0.05) is 6.92 Å². The highest BCUT2D eigenvalue weighted by molar-refractivity contribution is 7.80. The molecule has 0 bridgehead atoms. The second-order valence-electron chi connectivity index (χ2n) is 4.22. The first-order valence-electron chi connectivity index (χ1n) is 5.84. The first-order valence-corrected chi connectivity index (χ1v) is 6.24. The first kappa shape index (κ1) is 17.5. The van der Waals surface area contributed by atoms with Gasteiger partial charge in [0.1, 0.15) is 0 Å². The van der Waals surface area contributed by atoms with Crippen LogP contribution in [0.5, 0.6) is 0 Å². The average molecular weight is 330 g/mol. The van der Waals surface area contributed by atoms with Crippen LogP contribution in [0.2, 0.25) is 0 Å². The highest BCUT2D eigenvalue weighted by atomic mass is 32.1. The molecule has 0 fully saturated rings. The van der Waals surface area contributed by atoms with E-state index in [0.717, 1.165) is 4.90 Å². The van der Waals surface area contributed by atoms with Gasteiger partial charge in [-0.3, -0.25) is 0 Å². The Bertz CT molecular complexity index is 523. The topological polar surface area (TPSA) is 29.3 Å². The van der Waals surface area contributed by atoms with Crippen molar-refractivity contribution < 1.29 is 26.3 Å². The van der Waals surface area contributed by atoms with Gasteiger partial charge in [0, 0.05) is 6.54 Å². The van der Waals surface area contributed by atoms with Crippen LogP contribution in [0.4, 0.5) is 32.0 Å². The highest BCUT2D eigenvalue weighted by Crippen LogP contribution is 2.40. The Morgan fingerprint density at radius 2 is 1.71 bits per heavy atom. The highest BCUT2D eigenvalue weighted by Gasteiger charge is 2.38. The third-order valence-corrected chi connectivity index (χ3v) is 2.85. The van der Waals surface area contributed by atoms with Crippen LogP contribution in [0.25, 0.3) is 0 Å². The molecule has 2 nitrogen and oxygen atoms in total. The van der Waals surface area contributed by atoms with Crippen molar-refractivity contribution in [3.63, 3.8) is 0 Å². The molecule has 1 aromatic carbocycles. The number of hydrogen-bond donors (Lipinski definition) is 1. The Balaban J connectivity index is 3.52. The van der Waals surface area contributed by atoms with Gasteiger partial charge in [0.15, 0.2) is 5.11 Å². The van der Waals surface area contributed by atoms with Crippen molar-refractivity contribution in [2.24, 2.45) is 5.73 Å². The number of nitrogens with zero attached hydrogens (tertiary/aromatic N) is 1. The van der Waals surface area contributed by atoms with Crippen molar-refractivity contribution in [2.45, 2.75) is 25.7 Å². The van der Waals surface area contributed by atoms with E-state index in [1.54, 1.807) is 6.92 Å². The fourth-order valence-corrected chi connectivity index (χ4v) is 1.93. The molecule has 0 aliphatic rings. The van der Waals surface area contributed by atoms with Crippen LogP contribution in [0.1, 0.15) is 24.5 Å². The van der Waals surface area contributed by atoms with E-state index in [4.69, 9.17) is 5.73 Å². The second-order valence-corrected chi connectivity index (χ2v) is 4.64. The van der Waals surface area contributed by atoms with E-state index in [2.05, 4.69) is 12.2 Å². The normalized spacial score (nSPS) is 12.3. The van der Waals surface area contributed by atoms with E-state index in [1.165, 1.54) is 0 Å². The van der Waals surface area contributed by atoms with E-state index in [9.17, 15) is 26.3 Å². The predicted octanol–water partition coefficient (Wildman–Crippen LogP) is 4.18. The van der Waals surface area contributed by atoms with E-state index in [1.807, 2.05) is 0 Å². The van der Waals surface area contributed by atoms with Crippen LogP contribution in [-0.2, 0) is 12.4 Å². The predicted molar refractivity (Wildman–Crippen MR) is 70.9 cm³/mol. The van der Waals surface area contributed by atoms with Crippen LogP contribution in [0, 0.1) is 0 Å². The molecule has 0 spiro atoms. The number of benzene rings is 1. The summed E-state index contributed by atoms with van der Waals surface area (Å²) in [5, 5.41) is -0.415. The number of thiocarbonyl (C=S) groups is 1. The minimum absolute atomic E-state index is 0.0142. The van der Waals surface area contributed by atoms with Crippen molar-refractivity contribution in [1.29, 1.82) is 0 Å². The second kappa shape index (κ2) is 6.08. The molecular formula is C12H12F6N2S. The van der Waals surface area contributed by atoms with Gasteiger partial charge in [0.05, 0.1) is 16.8 Å². The van der Waals surface area contributed by atoms with Gasteiger partial charge in [-0.2, -0.15) is 26.3 Å². The Hall–Kier alpha value is -1.51. The lowest BCUT2D eigenvalue weighted by Crippen LogP contribution is -2.37. The molecule has 2 N–H and O–H groups in total. The number of anilines is 1. The SMILES string of the molecule is CCCN(C(N)=S)c1cc(C(F)(F)F)ccc1C(F)(F)F. The van der Waals surface area contributed by atoms with Crippen molar-refractivity contribution in [1.82, 2.24) is 0 Å². The quantitative estimate of drug-likeness (QED) is 0.666. The standard InChI is InChI=1S/C12H12F6N2S/c1-2-5-20(10(19)21)9-6-7(11(13,14)15)3-4-8(9)12(16,17)18/h3-4,6H,2,5H2,1H3,(H2,19,21). The van der Waals surface area contributed by atoms with E-state index >= 15 is 0 Å². The minimum Gasteiger partial charge on any atom is -0.376 e. The fourth-order valence-electron chi connectivity index (χ4n) is 1.74. The molecule has 9 heteroatoms. The van der Waals surface area contributed by atoms with Crippen molar-refractivity contribution in [3.05, 3.63) is 29.3 Å². The number of alkyl halides is 6. The molecule has 0 aliphatic heterocycles. The van der Waals surface area contributed by atoms with E-state index < -0.39 is 34.3 Å². The lowest BCUT2D eigenvalue weighted by atomic mass is 10.1. The number of nitrogens with two attached hydrogens (primary N) is 1. The first-order chi connectivity index (χ1) is 9.48. The van der Waals surface area contributed by atoms with Crippen LogP contribution in [0.3, 0.4) is 0 Å². The summed E-state index contributed by atoms with van der Waals surface area (Å²) in [6, 6.07) is 1.19. The van der Waals surface area contributed by atoms with Gasteiger partial charge in [0.2, 0.25) is 0 Å². The smallest absolute Gasteiger partial charge is 0.376 e. The molecule has 1 aromatic rings. The van der Waals surface area contributed by atoms with Gasteiger partial charge in [-0.05, 0) is 36.8 Å². The molecule has 0 aromatic heterocycles. The number of rotatable bonds is 3. The Kier molecular flexibility index (Phi) is 5.08. The lowest BCUT2D eigenvalue weighted by Gasteiger charge is -2.26. The molecule has 0 saturated carbocycles. The van der Waals surface area contributed by atoms with Gasteiger partial charge >= 0.3 is 12.4 Å². The van der Waals surface area contributed by atoms with Crippen molar-refractivity contribution in [3.8, 4) is 0 Å². The van der Waals surface area contributed by atoms with Gasteiger partial charge in [-0.25, -0.2) is 0 Å². The molecule has 1 rings (SSSR count). The lowest BCUT2D eigenvalue weighted by molar-refractivity contribution is -0.141. The zero-order valence-electron chi connectivity index (χ0n) is 10.8. The molecule has 0 unspecified atom stereocenters. The molecule has 0 atom stereocenters. The van der Waals surface area contributed by atoms with Crippen molar-refractivity contribution in [2.75, 3.05) is 11.4 Å². The summed E-state index contributed by atoms with van der Waals surface area (Å²) < 4.78 is 76.9. The third-order valence-electron chi connectivity index (χ3n) is 2.63. The third kappa shape index (κ3) is 4.23. The number of hydrogen-bond acceptors (Lipinski definition) is 1. The Labute approximate surface area is 122 Å². The Morgan fingerprint density at radius 1 is 1.14 bits per heavy atom. The zero-order valence-corrected chi connectivity index (χ0v) is 11.7. The fraction of sp³-hybridized carbons (Fsp3) is 0.417. The largest absolute Gasteiger partial charge is 0.418 e. The molecule has 118 valence electrons. The Morgan fingerprint density at radius 3 is 2.10 bits per heavy atom. The van der Waals surface area contributed by atoms with Crippen LogP contribution < -0.4 is 10.6 Å². The maximum atomic E-state index is 12.9. The molecule has 0 amide bonds. The van der Waals surface area contributed by atoms with E-state index in [0.29, 0.717) is 24.6 Å². The maximum Gasteiger partial charge on any atom is 0.418 e. The summed E-state index contributed by atoms with van der Waals surface area (Å²) in [5.41, 5.74) is 2.24. The average Bonchev–Trinajstić information content (AvgIpc) is 2.32. The monoisotopic (exact) mass is 330 g/mol. The molecule has 0 heterocycles. The molecule has 0 radical (unpaired) electrons. The van der Waals surface area contributed by atoms with Gasteiger partial charge in [-0.15, -0.1) is 0 Å². The van der Waals surface area contributed by atoms with Crippen LogP contribution in [0.15, 0.2) is 18.2 Å². The van der Waals surface area contributed by atoms with Crippen LogP contribution >= 0.6 is 12.2 Å².